The van der Waals surface area contributed by atoms with Crippen LogP contribution in [-0.2, 0) is 0 Å². The molecular formula is C21H30N2O. The highest BCUT2D eigenvalue weighted by Crippen LogP contribution is 2.20. The molecule has 0 radical (unpaired) electrons. The molecule has 0 amide bonds. The van der Waals surface area contributed by atoms with Gasteiger partial charge in [-0.25, -0.2) is 0 Å². The maximum absolute atomic E-state index is 10.5. The minimum absolute atomic E-state index is 0.441. The predicted molar refractivity (Wildman–Crippen MR) is 101 cm³/mol. The van der Waals surface area contributed by atoms with E-state index in [0.29, 0.717) is 12.6 Å². The van der Waals surface area contributed by atoms with Crippen molar-refractivity contribution in [3.63, 3.8) is 0 Å². The molecule has 0 aliphatic carbocycles. The molecule has 1 saturated heterocycles. The predicted octanol–water partition coefficient (Wildman–Crippen LogP) is 3.58. The van der Waals surface area contributed by atoms with E-state index in [0.717, 1.165) is 11.5 Å². The Balaban J connectivity index is 1.49. The number of aliphatic hydroxyl groups is 1. The fraction of sp³-hybridized carbons (Fsp3) is 0.524. The van der Waals surface area contributed by atoms with Crippen molar-refractivity contribution in [3.05, 3.63) is 48.0 Å². The number of nitrogens with one attached hydrogen (secondary N) is 1. The van der Waals surface area contributed by atoms with Crippen LogP contribution in [0.15, 0.2) is 42.5 Å². The van der Waals surface area contributed by atoms with Gasteiger partial charge in [-0.05, 0) is 54.3 Å². The molecule has 1 aliphatic heterocycles. The summed E-state index contributed by atoms with van der Waals surface area (Å²) >= 11 is 0. The van der Waals surface area contributed by atoms with Gasteiger partial charge >= 0.3 is 0 Å². The average molecular weight is 326 g/mol. The average Bonchev–Trinajstić information content (AvgIpc) is 2.60. The Bertz CT molecular complexity index is 647. The van der Waals surface area contributed by atoms with Gasteiger partial charge < -0.3 is 15.3 Å². The first-order chi connectivity index (χ1) is 11.6. The second-order valence-electron chi connectivity index (χ2n) is 7.50. The highest BCUT2D eigenvalue weighted by Gasteiger charge is 2.20. The van der Waals surface area contributed by atoms with E-state index in [4.69, 9.17) is 0 Å². The van der Waals surface area contributed by atoms with Crippen molar-refractivity contribution < 1.29 is 5.11 Å². The van der Waals surface area contributed by atoms with Crippen LogP contribution in [0.3, 0.4) is 0 Å². The van der Waals surface area contributed by atoms with Crippen molar-refractivity contribution in [3.8, 4) is 0 Å². The molecule has 2 aromatic rings. The van der Waals surface area contributed by atoms with Gasteiger partial charge in [-0.1, -0.05) is 50.2 Å². The molecule has 0 bridgehead atoms. The van der Waals surface area contributed by atoms with E-state index in [9.17, 15) is 5.11 Å². The summed E-state index contributed by atoms with van der Waals surface area (Å²) in [5.74, 6) is 0.740. The Hall–Kier alpha value is -1.42. The Morgan fingerprint density at radius 3 is 2.50 bits per heavy atom. The molecule has 3 heteroatoms. The van der Waals surface area contributed by atoms with Crippen LogP contribution in [0.4, 0.5) is 0 Å². The van der Waals surface area contributed by atoms with Gasteiger partial charge in [-0.3, -0.25) is 0 Å². The van der Waals surface area contributed by atoms with Gasteiger partial charge in [0.15, 0.2) is 0 Å². The minimum Gasteiger partial charge on any atom is -0.387 e. The number of hydrogen-bond acceptors (Lipinski definition) is 3. The third kappa shape index (κ3) is 4.56. The summed E-state index contributed by atoms with van der Waals surface area (Å²) in [5.41, 5.74) is 0.999. The molecule has 1 unspecified atom stereocenters. The van der Waals surface area contributed by atoms with Gasteiger partial charge in [0.25, 0.3) is 0 Å². The summed E-state index contributed by atoms with van der Waals surface area (Å²) in [6.45, 7) is 8.73. The monoisotopic (exact) mass is 326 g/mol. The van der Waals surface area contributed by atoms with Crippen molar-refractivity contribution in [1.29, 1.82) is 0 Å². The first kappa shape index (κ1) is 17.4. The third-order valence-electron chi connectivity index (χ3n) is 4.97. The summed E-state index contributed by atoms with van der Waals surface area (Å²) < 4.78 is 0. The van der Waals surface area contributed by atoms with E-state index in [-0.39, 0.29) is 0 Å². The SMILES string of the molecule is CC(C)CN1CCC(NCC(O)c2ccc3ccccc3c2)CC1. The van der Waals surface area contributed by atoms with Gasteiger partial charge in [0.05, 0.1) is 6.10 Å². The van der Waals surface area contributed by atoms with Crippen LogP contribution in [0.2, 0.25) is 0 Å². The van der Waals surface area contributed by atoms with Crippen LogP contribution < -0.4 is 5.32 Å². The fourth-order valence-corrected chi connectivity index (χ4v) is 3.65. The van der Waals surface area contributed by atoms with Crippen molar-refractivity contribution in [1.82, 2.24) is 10.2 Å². The van der Waals surface area contributed by atoms with Gasteiger partial charge in [0, 0.05) is 19.1 Å². The van der Waals surface area contributed by atoms with E-state index in [1.807, 2.05) is 18.2 Å². The maximum atomic E-state index is 10.5. The highest BCUT2D eigenvalue weighted by atomic mass is 16.3. The lowest BCUT2D eigenvalue weighted by atomic mass is 10.0. The minimum atomic E-state index is -0.441. The largest absolute Gasteiger partial charge is 0.387 e. The first-order valence-corrected chi connectivity index (χ1v) is 9.24. The molecule has 3 nitrogen and oxygen atoms in total. The van der Waals surface area contributed by atoms with Gasteiger partial charge in [-0.2, -0.15) is 0 Å². The quantitative estimate of drug-likeness (QED) is 0.852. The fourth-order valence-electron chi connectivity index (χ4n) is 3.65. The molecule has 0 spiro atoms. The summed E-state index contributed by atoms with van der Waals surface area (Å²) in [4.78, 5) is 2.56. The lowest BCUT2D eigenvalue weighted by molar-refractivity contribution is 0.146. The van der Waals surface area contributed by atoms with Crippen molar-refractivity contribution in [2.24, 2.45) is 5.92 Å². The van der Waals surface area contributed by atoms with E-state index in [1.165, 1.54) is 43.2 Å². The lowest BCUT2D eigenvalue weighted by Crippen LogP contribution is -2.44. The number of rotatable bonds is 6. The number of benzene rings is 2. The molecule has 0 aromatic heterocycles. The molecule has 1 atom stereocenters. The molecule has 2 aromatic carbocycles. The van der Waals surface area contributed by atoms with Gasteiger partial charge in [0.2, 0.25) is 0 Å². The van der Waals surface area contributed by atoms with Crippen LogP contribution in [0, 0.1) is 5.92 Å². The lowest BCUT2D eigenvalue weighted by Gasteiger charge is -2.33. The normalized spacial score (nSPS) is 18.3. The van der Waals surface area contributed by atoms with E-state index in [1.54, 1.807) is 0 Å². The zero-order valence-electron chi connectivity index (χ0n) is 14.9. The second-order valence-corrected chi connectivity index (χ2v) is 7.50. The molecule has 1 heterocycles. The van der Waals surface area contributed by atoms with Crippen LogP contribution in [-0.4, -0.2) is 42.2 Å². The Labute approximate surface area is 145 Å². The second kappa shape index (κ2) is 8.11. The van der Waals surface area contributed by atoms with Crippen molar-refractivity contribution in [2.45, 2.75) is 38.8 Å². The Morgan fingerprint density at radius 1 is 1.08 bits per heavy atom. The van der Waals surface area contributed by atoms with Crippen molar-refractivity contribution in [2.75, 3.05) is 26.2 Å². The Morgan fingerprint density at radius 2 is 1.79 bits per heavy atom. The summed E-state index contributed by atoms with van der Waals surface area (Å²) in [7, 11) is 0. The van der Waals surface area contributed by atoms with Crippen LogP contribution in [0.1, 0.15) is 38.4 Å². The smallest absolute Gasteiger partial charge is 0.0914 e. The zero-order valence-corrected chi connectivity index (χ0v) is 14.9. The number of hydrogen-bond donors (Lipinski definition) is 2. The van der Waals surface area contributed by atoms with Crippen molar-refractivity contribution >= 4 is 10.8 Å². The molecule has 130 valence electrons. The van der Waals surface area contributed by atoms with Gasteiger partial charge in [0.1, 0.15) is 0 Å². The summed E-state index contributed by atoms with van der Waals surface area (Å²) in [5, 5.41) is 16.5. The topological polar surface area (TPSA) is 35.5 Å². The number of nitrogens with zero attached hydrogens (tertiary/aromatic N) is 1. The highest BCUT2D eigenvalue weighted by molar-refractivity contribution is 5.83. The number of likely N-dealkylation sites (tertiary alicyclic amines) is 1. The van der Waals surface area contributed by atoms with Crippen LogP contribution >= 0.6 is 0 Å². The number of aliphatic hydroxyl groups excluding tert-OH is 1. The molecule has 0 saturated carbocycles. The molecule has 1 aliphatic rings. The summed E-state index contributed by atoms with van der Waals surface area (Å²) in [6.07, 6.45) is 1.91. The van der Waals surface area contributed by atoms with E-state index < -0.39 is 6.10 Å². The number of piperidine rings is 1. The van der Waals surface area contributed by atoms with E-state index in [2.05, 4.69) is 48.3 Å². The third-order valence-corrected chi connectivity index (χ3v) is 4.97. The van der Waals surface area contributed by atoms with Crippen LogP contribution in [0.25, 0.3) is 10.8 Å². The number of fused-ring (bicyclic) bond motifs is 1. The summed E-state index contributed by atoms with van der Waals surface area (Å²) in [6, 6.07) is 15.1. The molecular weight excluding hydrogens is 296 g/mol. The van der Waals surface area contributed by atoms with Gasteiger partial charge in [-0.15, -0.1) is 0 Å². The van der Waals surface area contributed by atoms with Crippen LogP contribution in [0.5, 0.6) is 0 Å². The Kier molecular flexibility index (Phi) is 5.88. The first-order valence-electron chi connectivity index (χ1n) is 9.24. The van der Waals surface area contributed by atoms with E-state index >= 15 is 0 Å². The zero-order chi connectivity index (χ0) is 16.9. The maximum Gasteiger partial charge on any atom is 0.0914 e. The standard InChI is InChI=1S/C21H30N2O/c1-16(2)15-23-11-9-20(10-12-23)22-14-21(24)19-8-7-17-5-3-4-6-18(17)13-19/h3-8,13,16,20-22,24H,9-12,14-15H2,1-2H3. The molecule has 1 fully saturated rings. The molecule has 2 N–H and O–H groups in total. The molecule has 3 rings (SSSR count). The molecule has 24 heavy (non-hydrogen) atoms.